The predicted octanol–water partition coefficient (Wildman–Crippen LogP) is 1.18. The quantitative estimate of drug-likeness (QED) is 0.466. The first-order chi connectivity index (χ1) is 5.13. The molecular weight excluding hydrogens is 144 g/mol. The molecule has 3 nitrogen and oxygen atoms in total. The Hall–Kier alpha value is -0.830. The number of aliphatic hydroxyl groups is 1. The first-order valence-electron chi connectivity index (χ1n) is 3.70. The van der Waals surface area contributed by atoms with Crippen LogP contribution in [0.3, 0.4) is 0 Å². The molecule has 0 spiro atoms. The highest BCUT2D eigenvalue weighted by Gasteiger charge is 1.92. The summed E-state index contributed by atoms with van der Waals surface area (Å²) < 4.78 is 0. The Balaban J connectivity index is 3.21. The van der Waals surface area contributed by atoms with Gasteiger partial charge in [0, 0.05) is 6.08 Å². The third kappa shape index (κ3) is 9.17. The van der Waals surface area contributed by atoms with Gasteiger partial charge in [-0.2, -0.15) is 0 Å². The topological polar surface area (TPSA) is 57.5 Å². The highest BCUT2D eigenvalue weighted by atomic mass is 16.4. The molecule has 0 unspecified atom stereocenters. The molecule has 1 atom stereocenters. The monoisotopic (exact) mass is 158 g/mol. The molecule has 0 saturated heterocycles. The lowest BCUT2D eigenvalue weighted by molar-refractivity contribution is -0.131. The van der Waals surface area contributed by atoms with Gasteiger partial charge in [0.05, 0.1) is 6.10 Å². The molecule has 0 aliphatic carbocycles. The summed E-state index contributed by atoms with van der Waals surface area (Å²) in [5.41, 5.74) is 0. The molecule has 0 rings (SSSR count). The average Bonchev–Trinajstić information content (AvgIpc) is 1.85. The molecule has 0 aliphatic heterocycles. The molecule has 0 bridgehead atoms. The van der Waals surface area contributed by atoms with Crippen molar-refractivity contribution in [2.75, 3.05) is 0 Å². The molecule has 64 valence electrons. The van der Waals surface area contributed by atoms with Gasteiger partial charge in [-0.3, -0.25) is 0 Å². The SMILES string of the molecule is C[C@H](O)CCC/C=C/C(=O)O. The number of rotatable bonds is 5. The van der Waals surface area contributed by atoms with E-state index in [1.807, 2.05) is 0 Å². The van der Waals surface area contributed by atoms with E-state index in [2.05, 4.69) is 0 Å². The molecule has 0 fully saturated rings. The van der Waals surface area contributed by atoms with Gasteiger partial charge in [0.1, 0.15) is 0 Å². The largest absolute Gasteiger partial charge is 0.478 e. The third-order valence-electron chi connectivity index (χ3n) is 1.25. The Bertz CT molecular complexity index is 138. The number of carboxylic acid groups (broad SMARTS) is 1. The predicted molar refractivity (Wildman–Crippen MR) is 42.3 cm³/mol. The zero-order chi connectivity index (χ0) is 8.69. The lowest BCUT2D eigenvalue weighted by Gasteiger charge is -1.99. The van der Waals surface area contributed by atoms with Crippen molar-refractivity contribution in [1.82, 2.24) is 0 Å². The molecule has 0 heterocycles. The van der Waals surface area contributed by atoms with Crippen LogP contribution >= 0.6 is 0 Å². The van der Waals surface area contributed by atoms with E-state index in [0.717, 1.165) is 25.3 Å². The fraction of sp³-hybridized carbons (Fsp3) is 0.625. The lowest BCUT2D eigenvalue weighted by Crippen LogP contribution is -1.97. The zero-order valence-electron chi connectivity index (χ0n) is 6.66. The van der Waals surface area contributed by atoms with Crippen molar-refractivity contribution in [3.05, 3.63) is 12.2 Å². The van der Waals surface area contributed by atoms with E-state index in [0.29, 0.717) is 0 Å². The van der Waals surface area contributed by atoms with Crippen LogP contribution in [0.4, 0.5) is 0 Å². The summed E-state index contributed by atoms with van der Waals surface area (Å²) >= 11 is 0. The number of carboxylic acids is 1. The summed E-state index contributed by atoms with van der Waals surface area (Å²) in [5, 5.41) is 17.0. The summed E-state index contributed by atoms with van der Waals surface area (Å²) in [4.78, 5) is 9.96. The Kier molecular flexibility index (Phi) is 5.47. The number of unbranched alkanes of at least 4 members (excludes halogenated alkanes) is 1. The number of carbonyl (C=O) groups is 1. The minimum absolute atomic E-state index is 0.284. The molecular formula is C8H14O3. The minimum Gasteiger partial charge on any atom is -0.478 e. The second-order valence-electron chi connectivity index (χ2n) is 2.52. The van der Waals surface area contributed by atoms with Crippen molar-refractivity contribution in [3.63, 3.8) is 0 Å². The van der Waals surface area contributed by atoms with Gasteiger partial charge in [-0.1, -0.05) is 6.08 Å². The molecule has 0 aliphatic rings. The van der Waals surface area contributed by atoms with Gasteiger partial charge < -0.3 is 10.2 Å². The van der Waals surface area contributed by atoms with E-state index in [1.54, 1.807) is 13.0 Å². The van der Waals surface area contributed by atoms with E-state index in [-0.39, 0.29) is 6.10 Å². The summed E-state index contributed by atoms with van der Waals surface area (Å²) in [6.45, 7) is 1.72. The highest BCUT2D eigenvalue weighted by Crippen LogP contribution is 2.00. The molecule has 11 heavy (non-hydrogen) atoms. The molecule has 0 aromatic rings. The zero-order valence-corrected chi connectivity index (χ0v) is 6.66. The number of aliphatic hydroxyl groups excluding tert-OH is 1. The van der Waals surface area contributed by atoms with Crippen LogP contribution in [0.5, 0.6) is 0 Å². The van der Waals surface area contributed by atoms with Crippen molar-refractivity contribution >= 4 is 5.97 Å². The highest BCUT2D eigenvalue weighted by molar-refractivity contribution is 5.79. The Labute approximate surface area is 66.4 Å². The number of hydrogen-bond acceptors (Lipinski definition) is 2. The molecule has 3 heteroatoms. The van der Waals surface area contributed by atoms with E-state index >= 15 is 0 Å². The first-order valence-corrected chi connectivity index (χ1v) is 3.70. The maximum absolute atomic E-state index is 9.96. The fourth-order valence-corrected chi connectivity index (χ4v) is 0.715. The summed E-state index contributed by atoms with van der Waals surface area (Å²) in [6, 6.07) is 0. The fourth-order valence-electron chi connectivity index (χ4n) is 0.715. The molecule has 0 aromatic carbocycles. The maximum Gasteiger partial charge on any atom is 0.327 e. The molecule has 0 radical (unpaired) electrons. The second-order valence-corrected chi connectivity index (χ2v) is 2.52. The Morgan fingerprint density at radius 1 is 1.64 bits per heavy atom. The van der Waals surface area contributed by atoms with Crippen LogP contribution in [0.25, 0.3) is 0 Å². The third-order valence-corrected chi connectivity index (χ3v) is 1.25. The summed E-state index contributed by atoms with van der Waals surface area (Å²) in [6.07, 6.45) is 4.73. The number of hydrogen-bond donors (Lipinski definition) is 2. The van der Waals surface area contributed by atoms with Gasteiger partial charge in [0.25, 0.3) is 0 Å². The standard InChI is InChI=1S/C8H14O3/c1-7(9)5-3-2-4-6-8(10)11/h4,6-7,9H,2-3,5H2,1H3,(H,10,11)/b6-4+/t7-/m0/s1. The van der Waals surface area contributed by atoms with Gasteiger partial charge in [-0.15, -0.1) is 0 Å². The minimum atomic E-state index is -0.915. The molecule has 0 aromatic heterocycles. The van der Waals surface area contributed by atoms with Crippen LogP contribution in [0.1, 0.15) is 26.2 Å². The van der Waals surface area contributed by atoms with Crippen molar-refractivity contribution in [3.8, 4) is 0 Å². The van der Waals surface area contributed by atoms with Gasteiger partial charge >= 0.3 is 5.97 Å². The van der Waals surface area contributed by atoms with Crippen molar-refractivity contribution in [1.29, 1.82) is 0 Å². The van der Waals surface area contributed by atoms with E-state index in [1.165, 1.54) is 0 Å². The van der Waals surface area contributed by atoms with E-state index < -0.39 is 5.97 Å². The smallest absolute Gasteiger partial charge is 0.327 e. The van der Waals surface area contributed by atoms with Crippen molar-refractivity contribution in [2.24, 2.45) is 0 Å². The Morgan fingerprint density at radius 2 is 2.27 bits per heavy atom. The second kappa shape index (κ2) is 5.92. The van der Waals surface area contributed by atoms with Gasteiger partial charge in [0.15, 0.2) is 0 Å². The number of allylic oxidation sites excluding steroid dienone is 1. The van der Waals surface area contributed by atoms with Crippen LogP contribution in [0.15, 0.2) is 12.2 Å². The average molecular weight is 158 g/mol. The van der Waals surface area contributed by atoms with E-state index in [9.17, 15) is 4.79 Å². The van der Waals surface area contributed by atoms with E-state index in [4.69, 9.17) is 10.2 Å². The van der Waals surface area contributed by atoms with Crippen LogP contribution in [-0.4, -0.2) is 22.3 Å². The maximum atomic E-state index is 9.96. The molecule has 0 amide bonds. The van der Waals surface area contributed by atoms with Crippen molar-refractivity contribution in [2.45, 2.75) is 32.3 Å². The normalized spacial score (nSPS) is 13.6. The van der Waals surface area contributed by atoms with Gasteiger partial charge in [-0.25, -0.2) is 4.79 Å². The van der Waals surface area contributed by atoms with Crippen LogP contribution in [-0.2, 0) is 4.79 Å². The summed E-state index contributed by atoms with van der Waals surface area (Å²) in [5.74, 6) is -0.915. The lowest BCUT2D eigenvalue weighted by atomic mass is 10.2. The van der Waals surface area contributed by atoms with Crippen molar-refractivity contribution < 1.29 is 15.0 Å². The van der Waals surface area contributed by atoms with Crippen LogP contribution < -0.4 is 0 Å². The van der Waals surface area contributed by atoms with Crippen LogP contribution in [0, 0.1) is 0 Å². The van der Waals surface area contributed by atoms with Gasteiger partial charge in [-0.05, 0) is 26.2 Å². The van der Waals surface area contributed by atoms with Crippen LogP contribution in [0.2, 0.25) is 0 Å². The number of aliphatic carboxylic acids is 1. The Morgan fingerprint density at radius 3 is 2.73 bits per heavy atom. The molecule has 2 N–H and O–H groups in total. The molecule has 0 saturated carbocycles. The van der Waals surface area contributed by atoms with Gasteiger partial charge in [0.2, 0.25) is 0 Å². The summed E-state index contributed by atoms with van der Waals surface area (Å²) in [7, 11) is 0. The first kappa shape index (κ1) is 10.2.